The Morgan fingerprint density at radius 1 is 1.35 bits per heavy atom. The van der Waals surface area contributed by atoms with Gasteiger partial charge in [-0.05, 0) is 30.5 Å². The summed E-state index contributed by atoms with van der Waals surface area (Å²) in [4.78, 5) is 13.2. The number of rotatable bonds is 5. The van der Waals surface area contributed by atoms with Gasteiger partial charge in [-0.15, -0.1) is 0 Å². The summed E-state index contributed by atoms with van der Waals surface area (Å²) in [7, 11) is 0. The quantitative estimate of drug-likeness (QED) is 0.835. The fourth-order valence-electron chi connectivity index (χ4n) is 2.66. The highest BCUT2D eigenvalue weighted by Gasteiger charge is 2.33. The van der Waals surface area contributed by atoms with Crippen molar-refractivity contribution in [3.63, 3.8) is 0 Å². The zero-order valence-corrected chi connectivity index (χ0v) is 13.2. The molecule has 1 aliphatic rings. The van der Waals surface area contributed by atoms with Crippen LogP contribution in [0.2, 0.25) is 0 Å². The van der Waals surface area contributed by atoms with Crippen molar-refractivity contribution in [2.45, 2.75) is 38.4 Å². The second kappa shape index (κ2) is 7.20. The van der Waals surface area contributed by atoms with E-state index in [1.807, 2.05) is 12.1 Å². The van der Waals surface area contributed by atoms with Crippen molar-refractivity contribution in [2.24, 2.45) is 0 Å². The molecular formula is C15H20BrNO3. The van der Waals surface area contributed by atoms with Gasteiger partial charge in [0, 0.05) is 30.0 Å². The van der Waals surface area contributed by atoms with E-state index in [1.54, 1.807) is 0 Å². The molecule has 4 nitrogen and oxygen atoms in total. The van der Waals surface area contributed by atoms with Gasteiger partial charge in [-0.25, -0.2) is 0 Å². The van der Waals surface area contributed by atoms with Crippen molar-refractivity contribution in [3.05, 3.63) is 34.3 Å². The molecule has 20 heavy (non-hydrogen) atoms. The lowest BCUT2D eigenvalue weighted by Gasteiger charge is -2.29. The van der Waals surface area contributed by atoms with Gasteiger partial charge in [0.2, 0.25) is 0 Å². The fraction of sp³-hybridized carbons (Fsp3) is 0.533. The minimum absolute atomic E-state index is 0.146. The largest absolute Gasteiger partial charge is 0.464 e. The number of carbonyl (C=O) groups is 1. The minimum atomic E-state index is -0.249. The molecule has 2 atom stereocenters. The predicted molar refractivity (Wildman–Crippen MR) is 80.2 cm³/mol. The van der Waals surface area contributed by atoms with Crippen molar-refractivity contribution in [2.75, 3.05) is 13.2 Å². The number of hydrogen-bond acceptors (Lipinski definition) is 4. The predicted octanol–water partition coefficient (Wildman–Crippen LogP) is 2.34. The van der Waals surface area contributed by atoms with E-state index in [-0.39, 0.29) is 24.7 Å². The molecule has 1 aromatic rings. The van der Waals surface area contributed by atoms with E-state index in [9.17, 15) is 9.90 Å². The van der Waals surface area contributed by atoms with E-state index < -0.39 is 0 Å². The van der Waals surface area contributed by atoms with E-state index in [4.69, 9.17) is 4.74 Å². The van der Waals surface area contributed by atoms with E-state index in [0.717, 1.165) is 23.9 Å². The van der Waals surface area contributed by atoms with Crippen LogP contribution in [0.1, 0.15) is 25.3 Å². The Bertz CT molecular complexity index is 449. The molecule has 0 bridgehead atoms. The SMILES string of the molecule is CC(=O)OCC1CCC(CO)N1Cc1ccc(Br)cc1. The number of hydrogen-bond donors (Lipinski definition) is 1. The first-order valence-corrected chi connectivity index (χ1v) is 7.64. The van der Waals surface area contributed by atoms with Crippen LogP contribution in [0.25, 0.3) is 0 Å². The summed E-state index contributed by atoms with van der Waals surface area (Å²) in [5.74, 6) is -0.249. The van der Waals surface area contributed by atoms with Gasteiger partial charge >= 0.3 is 5.97 Å². The zero-order chi connectivity index (χ0) is 14.5. The second-order valence-electron chi connectivity index (χ2n) is 5.17. The number of benzene rings is 1. The molecule has 2 unspecified atom stereocenters. The Kier molecular flexibility index (Phi) is 5.57. The Labute approximate surface area is 127 Å². The van der Waals surface area contributed by atoms with Crippen molar-refractivity contribution in [1.82, 2.24) is 4.90 Å². The van der Waals surface area contributed by atoms with Crippen molar-refractivity contribution in [1.29, 1.82) is 0 Å². The van der Waals surface area contributed by atoms with E-state index in [1.165, 1.54) is 12.5 Å². The highest BCUT2D eigenvalue weighted by molar-refractivity contribution is 9.10. The molecular weight excluding hydrogens is 322 g/mol. The van der Waals surface area contributed by atoms with Gasteiger partial charge in [-0.3, -0.25) is 9.69 Å². The smallest absolute Gasteiger partial charge is 0.302 e. The van der Waals surface area contributed by atoms with Gasteiger partial charge in [-0.2, -0.15) is 0 Å². The van der Waals surface area contributed by atoms with Gasteiger partial charge in [-0.1, -0.05) is 28.1 Å². The average molecular weight is 342 g/mol. The van der Waals surface area contributed by atoms with E-state index in [2.05, 4.69) is 33.0 Å². The van der Waals surface area contributed by atoms with Crippen molar-refractivity contribution < 1.29 is 14.6 Å². The van der Waals surface area contributed by atoms with E-state index in [0.29, 0.717) is 6.61 Å². The van der Waals surface area contributed by atoms with Crippen LogP contribution in [-0.2, 0) is 16.1 Å². The van der Waals surface area contributed by atoms with Crippen LogP contribution in [0.4, 0.5) is 0 Å². The monoisotopic (exact) mass is 341 g/mol. The van der Waals surface area contributed by atoms with Crippen molar-refractivity contribution >= 4 is 21.9 Å². The number of ether oxygens (including phenoxy) is 1. The standard InChI is InChI=1S/C15H20BrNO3/c1-11(19)20-10-15-7-6-14(9-18)17(15)8-12-2-4-13(16)5-3-12/h2-5,14-15,18H,6-10H2,1H3. The summed E-state index contributed by atoms with van der Waals surface area (Å²) in [5.41, 5.74) is 1.20. The molecule has 0 saturated carbocycles. The van der Waals surface area contributed by atoms with Gasteiger partial charge in [0.15, 0.2) is 0 Å². The first-order chi connectivity index (χ1) is 9.60. The minimum Gasteiger partial charge on any atom is -0.464 e. The van der Waals surface area contributed by atoms with Crippen LogP contribution >= 0.6 is 15.9 Å². The van der Waals surface area contributed by atoms with Gasteiger partial charge < -0.3 is 9.84 Å². The summed E-state index contributed by atoms with van der Waals surface area (Å²) in [5, 5.41) is 9.50. The molecule has 1 heterocycles. The number of halogens is 1. The van der Waals surface area contributed by atoms with Crippen LogP contribution in [-0.4, -0.2) is 41.3 Å². The normalized spacial score (nSPS) is 22.9. The third kappa shape index (κ3) is 4.04. The topological polar surface area (TPSA) is 49.8 Å². The first-order valence-electron chi connectivity index (χ1n) is 6.84. The van der Waals surface area contributed by atoms with Gasteiger partial charge in [0.1, 0.15) is 6.61 Å². The summed E-state index contributed by atoms with van der Waals surface area (Å²) in [6.45, 7) is 2.75. The zero-order valence-electron chi connectivity index (χ0n) is 11.6. The van der Waals surface area contributed by atoms with Crippen LogP contribution in [0.3, 0.4) is 0 Å². The molecule has 1 fully saturated rings. The molecule has 1 aliphatic heterocycles. The maximum absolute atomic E-state index is 11.0. The molecule has 110 valence electrons. The maximum Gasteiger partial charge on any atom is 0.302 e. The summed E-state index contributed by atoms with van der Waals surface area (Å²) in [6, 6.07) is 8.51. The first kappa shape index (κ1) is 15.5. The highest BCUT2D eigenvalue weighted by atomic mass is 79.9. The molecule has 1 saturated heterocycles. The number of aliphatic hydroxyl groups excluding tert-OH is 1. The molecule has 0 spiro atoms. The summed E-state index contributed by atoms with van der Waals surface area (Å²) < 4.78 is 6.19. The Balaban J connectivity index is 2.03. The van der Waals surface area contributed by atoms with Gasteiger partial charge in [0.25, 0.3) is 0 Å². The van der Waals surface area contributed by atoms with E-state index >= 15 is 0 Å². The third-order valence-electron chi connectivity index (χ3n) is 3.74. The lowest BCUT2D eigenvalue weighted by atomic mass is 10.2. The fourth-order valence-corrected chi connectivity index (χ4v) is 2.93. The highest BCUT2D eigenvalue weighted by Crippen LogP contribution is 2.26. The molecule has 2 rings (SSSR count). The maximum atomic E-state index is 11.0. The average Bonchev–Trinajstić information content (AvgIpc) is 2.81. The van der Waals surface area contributed by atoms with Gasteiger partial charge in [0.05, 0.1) is 6.61 Å². The summed E-state index contributed by atoms with van der Waals surface area (Å²) >= 11 is 3.43. The Morgan fingerprint density at radius 2 is 2.00 bits per heavy atom. The molecule has 0 amide bonds. The van der Waals surface area contributed by atoms with Crippen LogP contribution in [0.15, 0.2) is 28.7 Å². The van der Waals surface area contributed by atoms with Crippen molar-refractivity contribution in [3.8, 4) is 0 Å². The van der Waals surface area contributed by atoms with Crippen LogP contribution < -0.4 is 0 Å². The summed E-state index contributed by atoms with van der Waals surface area (Å²) in [6.07, 6.45) is 1.90. The Morgan fingerprint density at radius 3 is 2.60 bits per heavy atom. The Hall–Kier alpha value is -0.910. The molecule has 0 radical (unpaired) electrons. The lowest BCUT2D eigenvalue weighted by Crippen LogP contribution is -2.40. The molecule has 0 aliphatic carbocycles. The number of aliphatic hydroxyl groups is 1. The van der Waals surface area contributed by atoms with Crippen LogP contribution in [0.5, 0.6) is 0 Å². The molecule has 5 heteroatoms. The van der Waals surface area contributed by atoms with Crippen LogP contribution in [0, 0.1) is 0 Å². The number of esters is 1. The molecule has 0 aromatic heterocycles. The number of carbonyl (C=O) groups excluding carboxylic acids is 1. The lowest BCUT2D eigenvalue weighted by molar-refractivity contribution is -0.142. The third-order valence-corrected chi connectivity index (χ3v) is 4.27. The number of likely N-dealkylation sites (tertiary alicyclic amines) is 1. The second-order valence-corrected chi connectivity index (χ2v) is 6.08. The molecule has 1 aromatic carbocycles. The molecule has 1 N–H and O–H groups in total. The number of nitrogens with zero attached hydrogens (tertiary/aromatic N) is 1.